The summed E-state index contributed by atoms with van der Waals surface area (Å²) in [7, 11) is 0. The van der Waals surface area contributed by atoms with Crippen molar-refractivity contribution >= 4 is 11.4 Å². The molecule has 0 aliphatic heterocycles. The largest absolute Gasteiger partial charge is 0.394 e. The van der Waals surface area contributed by atoms with Crippen molar-refractivity contribution in [2.75, 3.05) is 11.5 Å². The van der Waals surface area contributed by atoms with E-state index in [9.17, 15) is 13.2 Å². The molecule has 0 radical (unpaired) electrons. The Hall–Kier alpha value is -1.39. The lowest BCUT2D eigenvalue weighted by molar-refractivity contribution is 0.555. The van der Waals surface area contributed by atoms with Gasteiger partial charge in [0, 0.05) is 6.07 Å². The standard InChI is InChI=1S/C6H5F3N2/c7-2-1-3(8)6(11)4(9)5(2)10/h1H,10-11H2. The number of hydrogen-bond acceptors (Lipinski definition) is 2. The highest BCUT2D eigenvalue weighted by molar-refractivity contribution is 5.55. The number of anilines is 2. The molecule has 11 heavy (non-hydrogen) atoms. The van der Waals surface area contributed by atoms with Gasteiger partial charge >= 0.3 is 0 Å². The van der Waals surface area contributed by atoms with E-state index in [1.54, 1.807) is 0 Å². The average molecular weight is 162 g/mol. The molecular formula is C6H5F3N2. The molecule has 0 spiro atoms. The first-order valence-electron chi connectivity index (χ1n) is 2.72. The van der Waals surface area contributed by atoms with Crippen LogP contribution in [0.3, 0.4) is 0 Å². The molecule has 0 aliphatic rings. The SMILES string of the molecule is Nc1c(F)cc(F)c(N)c1F. The summed E-state index contributed by atoms with van der Waals surface area (Å²) in [5, 5.41) is 0. The van der Waals surface area contributed by atoms with Crippen LogP contribution < -0.4 is 11.5 Å². The zero-order valence-corrected chi connectivity index (χ0v) is 5.37. The van der Waals surface area contributed by atoms with Crippen LogP contribution in [0.5, 0.6) is 0 Å². The van der Waals surface area contributed by atoms with Gasteiger partial charge in [-0.3, -0.25) is 0 Å². The third-order valence-corrected chi connectivity index (χ3v) is 1.24. The Labute approximate surface area is 60.6 Å². The number of halogens is 3. The third-order valence-electron chi connectivity index (χ3n) is 1.24. The molecule has 0 aliphatic carbocycles. The molecule has 2 nitrogen and oxygen atoms in total. The molecule has 0 aromatic heterocycles. The molecule has 1 aromatic carbocycles. The molecule has 0 fully saturated rings. The quantitative estimate of drug-likeness (QED) is 0.564. The maximum absolute atomic E-state index is 12.5. The van der Waals surface area contributed by atoms with E-state index in [4.69, 9.17) is 11.5 Å². The Morgan fingerprint density at radius 1 is 0.909 bits per heavy atom. The lowest BCUT2D eigenvalue weighted by Crippen LogP contribution is -2.02. The van der Waals surface area contributed by atoms with Crippen molar-refractivity contribution in [2.45, 2.75) is 0 Å². The Morgan fingerprint density at radius 2 is 1.27 bits per heavy atom. The Morgan fingerprint density at radius 3 is 1.64 bits per heavy atom. The van der Waals surface area contributed by atoms with Gasteiger partial charge in [-0.2, -0.15) is 0 Å². The van der Waals surface area contributed by atoms with Gasteiger partial charge in [0.05, 0.1) is 0 Å². The molecule has 0 unspecified atom stereocenters. The second-order valence-corrected chi connectivity index (χ2v) is 1.98. The first kappa shape index (κ1) is 7.71. The van der Waals surface area contributed by atoms with Gasteiger partial charge in [-0.25, -0.2) is 13.2 Å². The second-order valence-electron chi connectivity index (χ2n) is 1.98. The van der Waals surface area contributed by atoms with E-state index in [1.807, 2.05) is 0 Å². The van der Waals surface area contributed by atoms with Crippen LogP contribution in [-0.4, -0.2) is 0 Å². The van der Waals surface area contributed by atoms with Crippen molar-refractivity contribution in [1.82, 2.24) is 0 Å². The zero-order valence-electron chi connectivity index (χ0n) is 5.37. The van der Waals surface area contributed by atoms with Gasteiger partial charge in [-0.15, -0.1) is 0 Å². The molecule has 0 amide bonds. The molecule has 0 bridgehead atoms. The van der Waals surface area contributed by atoms with Crippen molar-refractivity contribution in [3.63, 3.8) is 0 Å². The van der Waals surface area contributed by atoms with Gasteiger partial charge in [-0.1, -0.05) is 0 Å². The highest BCUT2D eigenvalue weighted by Gasteiger charge is 2.13. The molecule has 0 saturated heterocycles. The lowest BCUT2D eigenvalue weighted by atomic mass is 10.2. The summed E-state index contributed by atoms with van der Waals surface area (Å²) in [5.74, 6) is -3.54. The summed E-state index contributed by atoms with van der Waals surface area (Å²) >= 11 is 0. The fraction of sp³-hybridized carbons (Fsp3) is 0. The van der Waals surface area contributed by atoms with E-state index in [1.165, 1.54) is 0 Å². The number of nitrogens with two attached hydrogens (primary N) is 2. The average Bonchev–Trinajstić information content (AvgIpc) is 1.97. The molecule has 0 atom stereocenters. The topological polar surface area (TPSA) is 52.0 Å². The van der Waals surface area contributed by atoms with E-state index in [0.717, 1.165) is 0 Å². The maximum atomic E-state index is 12.5. The predicted octanol–water partition coefficient (Wildman–Crippen LogP) is 1.27. The first-order valence-corrected chi connectivity index (χ1v) is 2.72. The normalized spacial score (nSPS) is 10.1. The number of nitrogen functional groups attached to an aromatic ring is 2. The van der Waals surface area contributed by atoms with Gasteiger partial charge in [0.15, 0.2) is 17.5 Å². The number of rotatable bonds is 0. The summed E-state index contributed by atoms with van der Waals surface area (Å²) in [4.78, 5) is 0. The van der Waals surface area contributed by atoms with E-state index in [2.05, 4.69) is 0 Å². The van der Waals surface area contributed by atoms with Crippen molar-refractivity contribution in [2.24, 2.45) is 0 Å². The highest BCUT2D eigenvalue weighted by Crippen LogP contribution is 2.23. The molecule has 60 valence electrons. The Bertz CT molecular complexity index is 272. The fourth-order valence-corrected chi connectivity index (χ4v) is 0.622. The monoisotopic (exact) mass is 162 g/mol. The fourth-order valence-electron chi connectivity index (χ4n) is 0.622. The summed E-state index contributed by atoms with van der Waals surface area (Å²) in [5.41, 5.74) is 8.19. The summed E-state index contributed by atoms with van der Waals surface area (Å²) in [6, 6.07) is 0.438. The molecular weight excluding hydrogens is 157 g/mol. The van der Waals surface area contributed by atoms with Gasteiger partial charge in [0.25, 0.3) is 0 Å². The maximum Gasteiger partial charge on any atom is 0.174 e. The van der Waals surface area contributed by atoms with Gasteiger partial charge in [-0.05, 0) is 0 Å². The summed E-state index contributed by atoms with van der Waals surface area (Å²) < 4.78 is 37.2. The number of hydrogen-bond donors (Lipinski definition) is 2. The van der Waals surface area contributed by atoms with Crippen molar-refractivity contribution in [3.05, 3.63) is 23.5 Å². The Kier molecular flexibility index (Phi) is 1.64. The van der Waals surface area contributed by atoms with E-state index < -0.39 is 28.8 Å². The molecule has 0 saturated carbocycles. The smallest absolute Gasteiger partial charge is 0.174 e. The molecule has 4 N–H and O–H groups in total. The van der Waals surface area contributed by atoms with Crippen LogP contribution in [0.25, 0.3) is 0 Å². The molecule has 1 rings (SSSR count). The minimum Gasteiger partial charge on any atom is -0.394 e. The minimum absolute atomic E-state index is 0.438. The van der Waals surface area contributed by atoms with Crippen molar-refractivity contribution in [1.29, 1.82) is 0 Å². The first-order chi connectivity index (χ1) is 5.04. The number of benzene rings is 1. The van der Waals surface area contributed by atoms with Gasteiger partial charge in [0.1, 0.15) is 11.4 Å². The van der Waals surface area contributed by atoms with Crippen LogP contribution in [-0.2, 0) is 0 Å². The highest BCUT2D eigenvalue weighted by atomic mass is 19.1. The van der Waals surface area contributed by atoms with E-state index in [-0.39, 0.29) is 0 Å². The molecule has 1 aromatic rings. The van der Waals surface area contributed by atoms with Crippen molar-refractivity contribution < 1.29 is 13.2 Å². The Balaban J connectivity index is 3.46. The minimum atomic E-state index is -1.25. The van der Waals surface area contributed by atoms with E-state index >= 15 is 0 Å². The predicted molar refractivity (Wildman–Crippen MR) is 35.1 cm³/mol. The van der Waals surface area contributed by atoms with E-state index in [0.29, 0.717) is 6.07 Å². The van der Waals surface area contributed by atoms with Crippen molar-refractivity contribution in [3.8, 4) is 0 Å². The summed E-state index contributed by atoms with van der Waals surface area (Å²) in [6.07, 6.45) is 0. The van der Waals surface area contributed by atoms with Gasteiger partial charge < -0.3 is 11.5 Å². The zero-order chi connectivity index (χ0) is 8.59. The second kappa shape index (κ2) is 2.34. The van der Waals surface area contributed by atoms with Crippen LogP contribution in [0, 0.1) is 17.5 Å². The van der Waals surface area contributed by atoms with Crippen LogP contribution in [0.4, 0.5) is 24.5 Å². The van der Waals surface area contributed by atoms with Gasteiger partial charge in [0.2, 0.25) is 0 Å². The summed E-state index contributed by atoms with van der Waals surface area (Å²) in [6.45, 7) is 0. The molecule has 5 heteroatoms. The van der Waals surface area contributed by atoms with Crippen LogP contribution in [0.2, 0.25) is 0 Å². The van der Waals surface area contributed by atoms with Crippen LogP contribution >= 0.6 is 0 Å². The van der Waals surface area contributed by atoms with Crippen LogP contribution in [0.15, 0.2) is 6.07 Å². The van der Waals surface area contributed by atoms with Crippen LogP contribution in [0.1, 0.15) is 0 Å². The lowest BCUT2D eigenvalue weighted by Gasteiger charge is -2.02. The molecule has 0 heterocycles. The third kappa shape index (κ3) is 1.09.